The molecule has 1 aromatic rings. The minimum absolute atomic E-state index is 0.0437. The van der Waals surface area contributed by atoms with Crippen molar-refractivity contribution in [2.24, 2.45) is 0 Å². The van der Waals surface area contributed by atoms with Crippen molar-refractivity contribution in [3.8, 4) is 0 Å². The van der Waals surface area contributed by atoms with Crippen molar-refractivity contribution in [1.29, 1.82) is 0 Å². The van der Waals surface area contributed by atoms with Crippen LogP contribution in [0.1, 0.15) is 34.8 Å². The Morgan fingerprint density at radius 3 is 2.94 bits per heavy atom. The third kappa shape index (κ3) is 2.33. The molecule has 1 saturated heterocycles. The van der Waals surface area contributed by atoms with E-state index in [0.717, 1.165) is 25.1 Å². The maximum atomic E-state index is 10.8. The van der Waals surface area contributed by atoms with E-state index in [4.69, 9.17) is 21.4 Å². The Hall–Kier alpha value is -1.13. The van der Waals surface area contributed by atoms with E-state index in [1.165, 1.54) is 6.07 Å². The number of carboxylic acids is 1. The van der Waals surface area contributed by atoms with E-state index in [-0.39, 0.29) is 16.6 Å². The summed E-state index contributed by atoms with van der Waals surface area (Å²) in [5, 5.41) is 8.87. The van der Waals surface area contributed by atoms with E-state index in [1.807, 2.05) is 0 Å². The summed E-state index contributed by atoms with van der Waals surface area (Å²) >= 11 is 5.81. The lowest BCUT2D eigenvalue weighted by atomic mass is 9.98. The maximum absolute atomic E-state index is 10.8. The standard InChI is InChI=1S/C11H12ClNO3/c12-10-8(11(14)15)3-4-9(13-10)7-2-1-5-16-6-7/h3-4,7H,1-2,5-6H2,(H,14,15). The van der Waals surface area contributed by atoms with Crippen LogP contribution < -0.4 is 0 Å². The summed E-state index contributed by atoms with van der Waals surface area (Å²) in [6, 6.07) is 3.22. The van der Waals surface area contributed by atoms with Crippen LogP contribution in [0, 0.1) is 0 Å². The molecule has 0 amide bonds. The number of ether oxygens (including phenoxy) is 1. The average molecular weight is 242 g/mol. The number of halogens is 1. The van der Waals surface area contributed by atoms with Crippen LogP contribution in [-0.2, 0) is 4.74 Å². The van der Waals surface area contributed by atoms with Gasteiger partial charge in [-0.15, -0.1) is 0 Å². The molecule has 0 aliphatic carbocycles. The average Bonchev–Trinajstić information content (AvgIpc) is 2.29. The zero-order valence-corrected chi connectivity index (χ0v) is 9.41. The summed E-state index contributed by atoms with van der Waals surface area (Å²) < 4.78 is 5.35. The largest absolute Gasteiger partial charge is 0.478 e. The van der Waals surface area contributed by atoms with Gasteiger partial charge in [-0.25, -0.2) is 9.78 Å². The molecule has 2 rings (SSSR count). The fraction of sp³-hybridized carbons (Fsp3) is 0.455. The van der Waals surface area contributed by atoms with Gasteiger partial charge in [-0.05, 0) is 25.0 Å². The fourth-order valence-electron chi connectivity index (χ4n) is 1.81. The number of aromatic carboxylic acids is 1. The number of hydrogen-bond acceptors (Lipinski definition) is 3. The molecule has 86 valence electrons. The minimum atomic E-state index is -1.05. The molecule has 0 aromatic carbocycles. The second-order valence-electron chi connectivity index (χ2n) is 3.79. The van der Waals surface area contributed by atoms with Crippen LogP contribution in [0.25, 0.3) is 0 Å². The van der Waals surface area contributed by atoms with Crippen molar-refractivity contribution < 1.29 is 14.6 Å². The first kappa shape index (κ1) is 11.4. The number of nitrogens with zero attached hydrogens (tertiary/aromatic N) is 1. The highest BCUT2D eigenvalue weighted by atomic mass is 35.5. The molecule has 2 heterocycles. The highest BCUT2D eigenvalue weighted by molar-refractivity contribution is 6.32. The first-order valence-electron chi connectivity index (χ1n) is 5.16. The number of carboxylic acid groups (broad SMARTS) is 1. The van der Waals surface area contributed by atoms with Crippen LogP contribution in [0.2, 0.25) is 5.15 Å². The second kappa shape index (κ2) is 4.80. The van der Waals surface area contributed by atoms with Crippen LogP contribution in [0.5, 0.6) is 0 Å². The predicted molar refractivity (Wildman–Crippen MR) is 59.0 cm³/mol. The van der Waals surface area contributed by atoms with Gasteiger partial charge in [0.15, 0.2) is 0 Å². The predicted octanol–water partition coefficient (Wildman–Crippen LogP) is 2.33. The lowest BCUT2D eigenvalue weighted by molar-refractivity contribution is 0.0696. The molecule has 0 radical (unpaired) electrons. The van der Waals surface area contributed by atoms with Gasteiger partial charge in [0.25, 0.3) is 0 Å². The van der Waals surface area contributed by atoms with Gasteiger partial charge in [-0.1, -0.05) is 11.6 Å². The summed E-state index contributed by atoms with van der Waals surface area (Å²) in [5.41, 5.74) is 0.858. The van der Waals surface area contributed by atoms with Gasteiger partial charge in [-0.2, -0.15) is 0 Å². The first-order chi connectivity index (χ1) is 7.68. The highest BCUT2D eigenvalue weighted by Gasteiger charge is 2.19. The lowest BCUT2D eigenvalue weighted by Crippen LogP contribution is -2.17. The molecule has 1 unspecified atom stereocenters. The van der Waals surface area contributed by atoms with Crippen molar-refractivity contribution in [1.82, 2.24) is 4.98 Å². The van der Waals surface area contributed by atoms with Crippen LogP contribution >= 0.6 is 11.6 Å². The van der Waals surface area contributed by atoms with Crippen LogP contribution in [0.4, 0.5) is 0 Å². The molecule has 1 N–H and O–H groups in total. The molecule has 16 heavy (non-hydrogen) atoms. The van der Waals surface area contributed by atoms with Gasteiger partial charge in [0, 0.05) is 18.2 Å². The third-order valence-electron chi connectivity index (χ3n) is 2.68. The summed E-state index contributed by atoms with van der Waals surface area (Å²) in [6.07, 6.45) is 2.01. The van der Waals surface area contributed by atoms with Crippen molar-refractivity contribution >= 4 is 17.6 Å². The van der Waals surface area contributed by atoms with E-state index in [9.17, 15) is 4.79 Å². The molecule has 5 heteroatoms. The molecule has 1 aromatic heterocycles. The van der Waals surface area contributed by atoms with E-state index < -0.39 is 5.97 Å². The lowest BCUT2D eigenvalue weighted by Gasteiger charge is -2.21. The molecule has 0 saturated carbocycles. The molecule has 4 nitrogen and oxygen atoms in total. The van der Waals surface area contributed by atoms with E-state index in [0.29, 0.717) is 6.61 Å². The highest BCUT2D eigenvalue weighted by Crippen LogP contribution is 2.26. The Bertz CT molecular complexity index is 402. The Labute approximate surface area is 98.2 Å². The summed E-state index contributed by atoms with van der Waals surface area (Å²) in [7, 11) is 0. The van der Waals surface area contributed by atoms with Gasteiger partial charge in [0.05, 0.1) is 12.2 Å². The summed E-state index contributed by atoms with van der Waals surface area (Å²) in [4.78, 5) is 14.9. The van der Waals surface area contributed by atoms with Crippen LogP contribution in [-0.4, -0.2) is 29.3 Å². The quantitative estimate of drug-likeness (QED) is 0.808. The van der Waals surface area contributed by atoms with E-state index >= 15 is 0 Å². The molecule has 1 fully saturated rings. The van der Waals surface area contributed by atoms with Gasteiger partial charge >= 0.3 is 5.97 Å². The smallest absolute Gasteiger partial charge is 0.338 e. The number of pyridine rings is 1. The number of hydrogen-bond donors (Lipinski definition) is 1. The Morgan fingerprint density at radius 1 is 1.56 bits per heavy atom. The Kier molecular flexibility index (Phi) is 3.41. The summed E-state index contributed by atoms with van der Waals surface area (Å²) in [6.45, 7) is 1.42. The van der Waals surface area contributed by atoms with E-state index in [1.54, 1.807) is 6.07 Å². The Morgan fingerprint density at radius 2 is 2.38 bits per heavy atom. The van der Waals surface area contributed by atoms with Gasteiger partial charge in [0.2, 0.25) is 0 Å². The number of aromatic nitrogens is 1. The van der Waals surface area contributed by atoms with Gasteiger partial charge in [0.1, 0.15) is 5.15 Å². The molecule has 0 spiro atoms. The number of carbonyl (C=O) groups is 1. The maximum Gasteiger partial charge on any atom is 0.338 e. The normalized spacial score (nSPS) is 20.7. The second-order valence-corrected chi connectivity index (χ2v) is 4.15. The van der Waals surface area contributed by atoms with Crippen molar-refractivity contribution in [3.63, 3.8) is 0 Å². The summed E-state index contributed by atoms with van der Waals surface area (Å²) in [5.74, 6) is -0.821. The van der Waals surface area contributed by atoms with Crippen LogP contribution in [0.3, 0.4) is 0 Å². The topological polar surface area (TPSA) is 59.4 Å². The molecule has 0 bridgehead atoms. The van der Waals surface area contributed by atoms with Crippen LogP contribution in [0.15, 0.2) is 12.1 Å². The zero-order chi connectivity index (χ0) is 11.5. The van der Waals surface area contributed by atoms with Crippen molar-refractivity contribution in [2.45, 2.75) is 18.8 Å². The van der Waals surface area contributed by atoms with Gasteiger partial charge < -0.3 is 9.84 Å². The monoisotopic (exact) mass is 241 g/mol. The molecular weight excluding hydrogens is 230 g/mol. The molecule has 1 atom stereocenters. The SMILES string of the molecule is O=C(O)c1ccc(C2CCCOC2)nc1Cl. The number of rotatable bonds is 2. The Balaban J connectivity index is 2.23. The minimum Gasteiger partial charge on any atom is -0.478 e. The van der Waals surface area contributed by atoms with Crippen molar-refractivity contribution in [2.75, 3.05) is 13.2 Å². The van der Waals surface area contributed by atoms with Crippen molar-refractivity contribution in [3.05, 3.63) is 28.5 Å². The zero-order valence-electron chi connectivity index (χ0n) is 8.65. The van der Waals surface area contributed by atoms with Gasteiger partial charge in [-0.3, -0.25) is 0 Å². The third-order valence-corrected chi connectivity index (χ3v) is 2.97. The molecule has 1 aliphatic rings. The molecule has 1 aliphatic heterocycles. The first-order valence-corrected chi connectivity index (χ1v) is 5.54. The molecular formula is C11H12ClNO3. The fourth-order valence-corrected chi connectivity index (χ4v) is 2.05. The van der Waals surface area contributed by atoms with E-state index in [2.05, 4.69) is 4.98 Å².